The van der Waals surface area contributed by atoms with E-state index in [1.54, 1.807) is 4.68 Å². The standard InChI is InChI=1S/C8H13N5O2/c14-13(15)8-6-12(11-10-8)5-7-2-1-3-9-4-7/h6-7,9H,1-5H2. The van der Waals surface area contributed by atoms with E-state index in [-0.39, 0.29) is 5.82 Å². The van der Waals surface area contributed by atoms with Crippen LogP contribution in [0.2, 0.25) is 0 Å². The molecule has 0 aromatic carbocycles. The number of piperidine rings is 1. The average Bonchev–Trinajstić information content (AvgIpc) is 2.68. The van der Waals surface area contributed by atoms with Gasteiger partial charge >= 0.3 is 5.82 Å². The Kier molecular flexibility index (Phi) is 2.91. The minimum Gasteiger partial charge on any atom is -0.358 e. The lowest BCUT2D eigenvalue weighted by atomic mass is 10.00. The summed E-state index contributed by atoms with van der Waals surface area (Å²) in [5, 5.41) is 20.9. The van der Waals surface area contributed by atoms with Gasteiger partial charge in [0.1, 0.15) is 11.3 Å². The highest BCUT2D eigenvalue weighted by molar-refractivity contribution is 5.08. The minimum atomic E-state index is -0.525. The number of aromatic nitrogens is 3. The van der Waals surface area contributed by atoms with Crippen molar-refractivity contribution < 1.29 is 4.92 Å². The third kappa shape index (κ3) is 2.50. The van der Waals surface area contributed by atoms with Crippen LogP contribution in [0.15, 0.2) is 6.20 Å². The van der Waals surface area contributed by atoms with Crippen molar-refractivity contribution in [2.24, 2.45) is 5.92 Å². The maximum absolute atomic E-state index is 10.4. The molecule has 1 N–H and O–H groups in total. The topological polar surface area (TPSA) is 85.9 Å². The van der Waals surface area contributed by atoms with Gasteiger partial charge in [-0.25, -0.2) is 4.68 Å². The van der Waals surface area contributed by atoms with Gasteiger partial charge in [0.2, 0.25) is 0 Å². The third-order valence-corrected chi connectivity index (χ3v) is 2.56. The maximum atomic E-state index is 10.4. The van der Waals surface area contributed by atoms with E-state index < -0.39 is 4.92 Å². The van der Waals surface area contributed by atoms with Gasteiger partial charge in [-0.1, -0.05) is 0 Å². The van der Waals surface area contributed by atoms with Gasteiger partial charge in [-0.15, -0.1) is 0 Å². The highest BCUT2D eigenvalue weighted by Gasteiger charge is 2.17. The Morgan fingerprint density at radius 2 is 2.60 bits per heavy atom. The summed E-state index contributed by atoms with van der Waals surface area (Å²) in [5.41, 5.74) is 0. The highest BCUT2D eigenvalue weighted by Crippen LogP contribution is 2.13. The van der Waals surface area contributed by atoms with Gasteiger partial charge in [-0.2, -0.15) is 0 Å². The Balaban J connectivity index is 1.94. The van der Waals surface area contributed by atoms with Gasteiger partial charge in [0.15, 0.2) is 0 Å². The zero-order chi connectivity index (χ0) is 10.7. The van der Waals surface area contributed by atoms with Crippen LogP contribution in [0.25, 0.3) is 0 Å². The second-order valence-corrected chi connectivity index (χ2v) is 3.77. The molecule has 82 valence electrons. The lowest BCUT2D eigenvalue weighted by Gasteiger charge is -2.21. The normalized spacial score (nSPS) is 21.5. The van der Waals surface area contributed by atoms with Crippen LogP contribution in [0.1, 0.15) is 12.8 Å². The van der Waals surface area contributed by atoms with E-state index in [1.165, 1.54) is 6.20 Å². The van der Waals surface area contributed by atoms with E-state index in [0.29, 0.717) is 12.5 Å². The largest absolute Gasteiger partial charge is 0.410 e. The Bertz CT molecular complexity index is 345. The van der Waals surface area contributed by atoms with Crippen molar-refractivity contribution in [3.05, 3.63) is 16.3 Å². The first-order chi connectivity index (χ1) is 7.25. The summed E-state index contributed by atoms with van der Waals surface area (Å²) in [6.45, 7) is 2.72. The second kappa shape index (κ2) is 4.35. The van der Waals surface area contributed by atoms with Crippen LogP contribution in [-0.4, -0.2) is 33.0 Å². The second-order valence-electron chi connectivity index (χ2n) is 3.77. The first kappa shape index (κ1) is 10.0. The van der Waals surface area contributed by atoms with Crippen molar-refractivity contribution in [2.45, 2.75) is 19.4 Å². The van der Waals surface area contributed by atoms with E-state index in [2.05, 4.69) is 15.6 Å². The molecular formula is C8H13N5O2. The Hall–Kier alpha value is -1.50. The summed E-state index contributed by atoms with van der Waals surface area (Å²) in [6, 6.07) is 0. The van der Waals surface area contributed by atoms with Gasteiger partial charge in [0, 0.05) is 6.54 Å². The monoisotopic (exact) mass is 211 g/mol. The first-order valence-electron chi connectivity index (χ1n) is 5.01. The van der Waals surface area contributed by atoms with Crippen LogP contribution in [0.4, 0.5) is 5.82 Å². The predicted molar refractivity (Wildman–Crippen MR) is 52.3 cm³/mol. The van der Waals surface area contributed by atoms with Crippen LogP contribution in [-0.2, 0) is 6.54 Å². The number of rotatable bonds is 3. The van der Waals surface area contributed by atoms with E-state index in [1.807, 2.05) is 0 Å². The van der Waals surface area contributed by atoms with Crippen molar-refractivity contribution >= 4 is 5.82 Å². The number of nitro groups is 1. The van der Waals surface area contributed by atoms with Crippen molar-refractivity contribution in [3.8, 4) is 0 Å². The lowest BCUT2D eigenvalue weighted by molar-refractivity contribution is -0.389. The molecule has 1 unspecified atom stereocenters. The smallest absolute Gasteiger partial charge is 0.358 e. The first-order valence-corrected chi connectivity index (χ1v) is 5.01. The van der Waals surface area contributed by atoms with E-state index >= 15 is 0 Å². The molecule has 1 fully saturated rings. The number of nitrogens with zero attached hydrogens (tertiary/aromatic N) is 4. The number of hydrogen-bond acceptors (Lipinski definition) is 5. The van der Waals surface area contributed by atoms with Gasteiger partial charge in [0.25, 0.3) is 0 Å². The van der Waals surface area contributed by atoms with Gasteiger partial charge in [0.05, 0.1) is 5.21 Å². The third-order valence-electron chi connectivity index (χ3n) is 2.56. The van der Waals surface area contributed by atoms with E-state index in [9.17, 15) is 10.1 Å². The van der Waals surface area contributed by atoms with Crippen LogP contribution < -0.4 is 5.32 Å². The van der Waals surface area contributed by atoms with Crippen molar-refractivity contribution in [1.29, 1.82) is 0 Å². The lowest BCUT2D eigenvalue weighted by Crippen LogP contribution is -2.32. The molecule has 7 heteroatoms. The minimum absolute atomic E-state index is 0.182. The summed E-state index contributed by atoms with van der Waals surface area (Å²) in [5.74, 6) is 0.318. The fourth-order valence-electron chi connectivity index (χ4n) is 1.81. The fraction of sp³-hybridized carbons (Fsp3) is 0.750. The van der Waals surface area contributed by atoms with Gasteiger partial charge in [-0.3, -0.25) is 0 Å². The van der Waals surface area contributed by atoms with E-state index in [0.717, 1.165) is 25.9 Å². The number of hydrogen-bond donors (Lipinski definition) is 1. The molecule has 1 aromatic rings. The van der Waals surface area contributed by atoms with Crippen molar-refractivity contribution in [3.63, 3.8) is 0 Å². The average molecular weight is 211 g/mol. The highest BCUT2D eigenvalue weighted by atomic mass is 16.6. The quantitative estimate of drug-likeness (QED) is 0.569. The summed E-state index contributed by atoms with van der Waals surface area (Å²) in [7, 11) is 0. The van der Waals surface area contributed by atoms with Gasteiger partial charge in [-0.05, 0) is 36.8 Å². The molecular weight excluding hydrogens is 198 g/mol. The molecule has 1 aromatic heterocycles. The molecule has 0 spiro atoms. The fourth-order valence-corrected chi connectivity index (χ4v) is 1.81. The molecule has 1 aliphatic rings. The van der Waals surface area contributed by atoms with Crippen LogP contribution in [0.5, 0.6) is 0 Å². The van der Waals surface area contributed by atoms with Crippen molar-refractivity contribution in [2.75, 3.05) is 13.1 Å². The molecule has 0 aliphatic carbocycles. The molecule has 15 heavy (non-hydrogen) atoms. The Labute approximate surface area is 86.6 Å². The summed E-state index contributed by atoms with van der Waals surface area (Å²) >= 11 is 0. The zero-order valence-corrected chi connectivity index (χ0v) is 8.30. The summed E-state index contributed by atoms with van der Waals surface area (Å²) < 4.78 is 1.55. The molecule has 0 radical (unpaired) electrons. The molecule has 2 rings (SSSR count). The van der Waals surface area contributed by atoms with E-state index in [4.69, 9.17) is 0 Å². The molecule has 7 nitrogen and oxygen atoms in total. The Morgan fingerprint density at radius 1 is 1.73 bits per heavy atom. The Morgan fingerprint density at radius 3 is 3.20 bits per heavy atom. The molecule has 2 heterocycles. The number of nitrogens with one attached hydrogen (secondary N) is 1. The summed E-state index contributed by atoms with van der Waals surface area (Å²) in [6.07, 6.45) is 3.68. The summed E-state index contributed by atoms with van der Waals surface area (Å²) in [4.78, 5) is 9.86. The maximum Gasteiger partial charge on any atom is 0.410 e. The zero-order valence-electron chi connectivity index (χ0n) is 8.30. The molecule has 1 saturated heterocycles. The predicted octanol–water partition coefficient (Wildman–Crippen LogP) is 0.186. The molecule has 0 bridgehead atoms. The molecule has 1 atom stereocenters. The molecule has 0 saturated carbocycles. The van der Waals surface area contributed by atoms with Crippen LogP contribution in [0, 0.1) is 16.0 Å². The van der Waals surface area contributed by atoms with Crippen molar-refractivity contribution in [1.82, 2.24) is 20.3 Å². The van der Waals surface area contributed by atoms with Gasteiger partial charge < -0.3 is 15.4 Å². The van der Waals surface area contributed by atoms with Crippen LogP contribution >= 0.6 is 0 Å². The van der Waals surface area contributed by atoms with Crippen LogP contribution in [0.3, 0.4) is 0 Å². The SMILES string of the molecule is O=[N+]([O-])c1cn(CC2CCCNC2)nn1. The molecule has 1 aliphatic heterocycles. The molecule has 0 amide bonds.